The van der Waals surface area contributed by atoms with Crippen molar-refractivity contribution in [3.63, 3.8) is 0 Å². The summed E-state index contributed by atoms with van der Waals surface area (Å²) in [7, 11) is 0. The molecule has 0 bridgehead atoms. The highest BCUT2D eigenvalue weighted by molar-refractivity contribution is 5.76. The number of aliphatic hydroxyl groups excluding tert-OH is 1. The summed E-state index contributed by atoms with van der Waals surface area (Å²) in [5, 5.41) is 10.6. The lowest BCUT2D eigenvalue weighted by molar-refractivity contribution is 0.0921. The molecule has 0 saturated heterocycles. The molecule has 4 nitrogen and oxygen atoms in total. The number of imidazole rings is 1. The number of ether oxygens (including phenoxy) is 1. The number of aromatic nitrogens is 2. The van der Waals surface area contributed by atoms with Crippen LogP contribution in [0.25, 0.3) is 11.0 Å². The maximum absolute atomic E-state index is 10.6. The Hall–Kier alpha value is -2.59. The summed E-state index contributed by atoms with van der Waals surface area (Å²) in [6.07, 6.45) is 1.98. The molecular formula is C22H26N2O2. The van der Waals surface area contributed by atoms with Crippen LogP contribution in [0.4, 0.5) is 0 Å². The Bertz CT molecular complexity index is 883. The van der Waals surface area contributed by atoms with E-state index in [1.54, 1.807) is 0 Å². The number of nitrogens with zero attached hydrogens (tertiary/aromatic N) is 2. The third kappa shape index (κ3) is 3.97. The van der Waals surface area contributed by atoms with E-state index in [2.05, 4.69) is 25.0 Å². The Labute approximate surface area is 154 Å². The number of hydrogen-bond donors (Lipinski definition) is 1. The van der Waals surface area contributed by atoms with Crippen LogP contribution in [-0.2, 0) is 13.0 Å². The molecule has 2 aromatic carbocycles. The first-order valence-electron chi connectivity index (χ1n) is 9.05. The van der Waals surface area contributed by atoms with Crippen molar-refractivity contribution in [3.8, 4) is 5.75 Å². The van der Waals surface area contributed by atoms with E-state index in [1.807, 2.05) is 54.6 Å². The number of para-hydroxylation sites is 3. The second-order valence-electron chi connectivity index (χ2n) is 6.79. The van der Waals surface area contributed by atoms with E-state index in [0.717, 1.165) is 34.6 Å². The lowest BCUT2D eigenvalue weighted by atomic mass is 10.1. The molecule has 0 aliphatic carbocycles. The van der Waals surface area contributed by atoms with Gasteiger partial charge in [0, 0.05) is 5.92 Å². The molecule has 0 fully saturated rings. The van der Waals surface area contributed by atoms with Crippen molar-refractivity contribution < 1.29 is 9.84 Å². The van der Waals surface area contributed by atoms with Gasteiger partial charge in [-0.15, -0.1) is 6.58 Å². The van der Waals surface area contributed by atoms with Gasteiger partial charge >= 0.3 is 0 Å². The average molecular weight is 350 g/mol. The zero-order valence-electron chi connectivity index (χ0n) is 15.4. The predicted molar refractivity (Wildman–Crippen MR) is 106 cm³/mol. The SMILES string of the molecule is C=CCc1ccccc1OCC(O)Cn1c(C(C)C)nc2ccccc21. The van der Waals surface area contributed by atoms with Crippen molar-refractivity contribution in [2.45, 2.75) is 38.8 Å². The minimum Gasteiger partial charge on any atom is -0.491 e. The molecule has 0 spiro atoms. The Morgan fingerprint density at radius 3 is 2.65 bits per heavy atom. The van der Waals surface area contributed by atoms with Gasteiger partial charge in [-0.2, -0.15) is 0 Å². The molecule has 0 aliphatic heterocycles. The standard InChI is InChI=1S/C22H26N2O2/c1-4-9-17-10-5-8-13-21(17)26-15-18(25)14-24-20-12-7-6-11-19(20)23-22(24)16(2)3/h4-8,10-13,16,18,25H,1,9,14-15H2,2-3H3. The van der Waals surface area contributed by atoms with Gasteiger partial charge < -0.3 is 14.4 Å². The fourth-order valence-corrected chi connectivity index (χ4v) is 3.14. The summed E-state index contributed by atoms with van der Waals surface area (Å²) < 4.78 is 7.98. The fraction of sp³-hybridized carbons (Fsp3) is 0.318. The van der Waals surface area contributed by atoms with Crippen LogP contribution in [0.1, 0.15) is 31.2 Å². The average Bonchev–Trinajstić information content (AvgIpc) is 3.00. The summed E-state index contributed by atoms with van der Waals surface area (Å²) in [5.41, 5.74) is 3.08. The maximum Gasteiger partial charge on any atom is 0.122 e. The largest absolute Gasteiger partial charge is 0.491 e. The van der Waals surface area contributed by atoms with Crippen LogP contribution in [0.3, 0.4) is 0 Å². The van der Waals surface area contributed by atoms with Crippen molar-refractivity contribution in [2.75, 3.05) is 6.61 Å². The minimum absolute atomic E-state index is 0.234. The maximum atomic E-state index is 10.6. The van der Waals surface area contributed by atoms with E-state index >= 15 is 0 Å². The van der Waals surface area contributed by atoms with E-state index in [9.17, 15) is 5.11 Å². The third-order valence-electron chi connectivity index (χ3n) is 4.36. The van der Waals surface area contributed by atoms with Crippen LogP contribution in [0.2, 0.25) is 0 Å². The number of benzene rings is 2. The van der Waals surface area contributed by atoms with Crippen LogP contribution in [0.15, 0.2) is 61.2 Å². The Morgan fingerprint density at radius 1 is 1.15 bits per heavy atom. The van der Waals surface area contributed by atoms with E-state index in [-0.39, 0.29) is 12.5 Å². The molecule has 1 aromatic heterocycles. The molecule has 1 N–H and O–H groups in total. The highest BCUT2D eigenvalue weighted by Gasteiger charge is 2.17. The lowest BCUT2D eigenvalue weighted by Gasteiger charge is -2.18. The van der Waals surface area contributed by atoms with Gasteiger partial charge in [0.15, 0.2) is 0 Å². The van der Waals surface area contributed by atoms with Crippen LogP contribution in [0, 0.1) is 0 Å². The smallest absolute Gasteiger partial charge is 0.122 e. The molecule has 0 saturated carbocycles. The highest BCUT2D eigenvalue weighted by Crippen LogP contribution is 2.23. The van der Waals surface area contributed by atoms with Crippen molar-refractivity contribution in [1.29, 1.82) is 0 Å². The topological polar surface area (TPSA) is 47.3 Å². The first-order valence-corrected chi connectivity index (χ1v) is 9.05. The van der Waals surface area contributed by atoms with Crippen molar-refractivity contribution in [1.82, 2.24) is 9.55 Å². The summed E-state index contributed by atoms with van der Waals surface area (Å²) in [6.45, 7) is 8.71. The van der Waals surface area contributed by atoms with Gasteiger partial charge in [-0.1, -0.05) is 50.3 Å². The van der Waals surface area contributed by atoms with Crippen LogP contribution < -0.4 is 4.74 Å². The Kier molecular flexibility index (Phi) is 5.74. The molecule has 3 rings (SSSR count). The molecule has 4 heteroatoms. The van der Waals surface area contributed by atoms with Gasteiger partial charge in [-0.3, -0.25) is 0 Å². The van der Waals surface area contributed by atoms with Crippen LogP contribution in [0.5, 0.6) is 5.75 Å². The third-order valence-corrected chi connectivity index (χ3v) is 4.36. The van der Waals surface area contributed by atoms with Gasteiger partial charge in [0.25, 0.3) is 0 Å². The molecular weight excluding hydrogens is 324 g/mol. The zero-order chi connectivity index (χ0) is 18.5. The first kappa shape index (κ1) is 18.2. The molecule has 0 amide bonds. The molecule has 0 aliphatic rings. The molecule has 136 valence electrons. The molecule has 26 heavy (non-hydrogen) atoms. The molecule has 0 radical (unpaired) electrons. The number of aliphatic hydroxyl groups is 1. The fourth-order valence-electron chi connectivity index (χ4n) is 3.14. The van der Waals surface area contributed by atoms with E-state index < -0.39 is 6.10 Å². The summed E-state index contributed by atoms with van der Waals surface area (Å²) in [5.74, 6) is 2.06. The van der Waals surface area contributed by atoms with Crippen molar-refractivity contribution in [3.05, 3.63) is 72.6 Å². The lowest BCUT2D eigenvalue weighted by Crippen LogP contribution is -2.25. The second kappa shape index (κ2) is 8.19. The molecule has 1 atom stereocenters. The highest BCUT2D eigenvalue weighted by atomic mass is 16.5. The van der Waals surface area contributed by atoms with E-state index in [4.69, 9.17) is 9.72 Å². The minimum atomic E-state index is -0.623. The van der Waals surface area contributed by atoms with Crippen LogP contribution in [-0.4, -0.2) is 27.4 Å². The summed E-state index contributed by atoms with van der Waals surface area (Å²) >= 11 is 0. The van der Waals surface area contributed by atoms with E-state index in [0.29, 0.717) is 6.54 Å². The Morgan fingerprint density at radius 2 is 1.88 bits per heavy atom. The number of rotatable bonds is 8. The number of allylic oxidation sites excluding steroid dienone is 1. The van der Waals surface area contributed by atoms with Gasteiger partial charge in [-0.25, -0.2) is 4.98 Å². The number of hydrogen-bond acceptors (Lipinski definition) is 3. The van der Waals surface area contributed by atoms with Gasteiger partial charge in [0.05, 0.1) is 17.6 Å². The molecule has 1 unspecified atom stereocenters. The summed E-state index contributed by atoms with van der Waals surface area (Å²) in [6, 6.07) is 15.9. The van der Waals surface area contributed by atoms with Crippen LogP contribution >= 0.6 is 0 Å². The summed E-state index contributed by atoms with van der Waals surface area (Å²) in [4.78, 5) is 4.72. The van der Waals surface area contributed by atoms with Gasteiger partial charge in [0.1, 0.15) is 24.3 Å². The van der Waals surface area contributed by atoms with Gasteiger partial charge in [-0.05, 0) is 30.2 Å². The monoisotopic (exact) mass is 350 g/mol. The first-order chi connectivity index (χ1) is 12.6. The number of fused-ring (bicyclic) bond motifs is 1. The zero-order valence-corrected chi connectivity index (χ0v) is 15.4. The quantitative estimate of drug-likeness (QED) is 0.615. The van der Waals surface area contributed by atoms with E-state index in [1.165, 1.54) is 0 Å². The van der Waals surface area contributed by atoms with Gasteiger partial charge in [0.2, 0.25) is 0 Å². The molecule has 3 aromatic rings. The molecule has 1 heterocycles. The predicted octanol–water partition coefficient (Wildman–Crippen LogP) is 4.33. The second-order valence-corrected chi connectivity index (χ2v) is 6.79. The van der Waals surface area contributed by atoms with Crippen molar-refractivity contribution >= 4 is 11.0 Å². The Balaban J connectivity index is 1.75. The van der Waals surface area contributed by atoms with Crippen molar-refractivity contribution in [2.24, 2.45) is 0 Å². The normalized spacial score (nSPS) is 12.5.